The van der Waals surface area contributed by atoms with Crippen molar-refractivity contribution in [2.24, 2.45) is 5.92 Å². The van der Waals surface area contributed by atoms with Gasteiger partial charge in [-0.3, -0.25) is 9.59 Å². The molecule has 3 aromatic rings. The fourth-order valence-corrected chi connectivity index (χ4v) is 5.86. The molecule has 0 saturated carbocycles. The van der Waals surface area contributed by atoms with Crippen molar-refractivity contribution in [1.29, 1.82) is 0 Å². The number of β-amino-alcohol motifs (C(OH)–C–C–N with tert-alkyl or cyclic N) is 1. The second-order valence-corrected chi connectivity index (χ2v) is 11.6. The van der Waals surface area contributed by atoms with E-state index in [1.807, 2.05) is 52.8 Å². The first-order chi connectivity index (χ1) is 17.6. The number of hydrogen-bond donors (Lipinski definition) is 2. The number of benzene rings is 1. The van der Waals surface area contributed by atoms with Crippen LogP contribution in [-0.4, -0.2) is 45.7 Å². The van der Waals surface area contributed by atoms with Crippen LogP contribution in [0.5, 0.6) is 0 Å². The maximum absolute atomic E-state index is 13.7. The smallest absolute Gasteiger partial charge is 0.243 e. The summed E-state index contributed by atoms with van der Waals surface area (Å²) in [6, 6.07) is 11.1. The second-order valence-electron chi connectivity index (χ2n) is 10.7. The van der Waals surface area contributed by atoms with E-state index < -0.39 is 18.1 Å². The van der Waals surface area contributed by atoms with Gasteiger partial charge in [0.2, 0.25) is 11.8 Å². The summed E-state index contributed by atoms with van der Waals surface area (Å²) in [6.45, 7) is 12.1. The van der Waals surface area contributed by atoms with Gasteiger partial charge in [-0.05, 0) is 53.8 Å². The maximum Gasteiger partial charge on any atom is 0.243 e. The number of carbonyl (C=O) groups excluding carboxylic acids is 2. The molecule has 1 aromatic carbocycles. The van der Waals surface area contributed by atoms with Crippen molar-refractivity contribution >= 4 is 23.2 Å². The van der Waals surface area contributed by atoms with E-state index in [0.29, 0.717) is 5.76 Å². The van der Waals surface area contributed by atoms with Gasteiger partial charge in [0.1, 0.15) is 17.7 Å². The van der Waals surface area contributed by atoms with Crippen molar-refractivity contribution in [3.05, 3.63) is 64.4 Å². The Bertz CT molecular complexity index is 1230. The number of carbonyl (C=O) groups is 2. The van der Waals surface area contributed by atoms with Gasteiger partial charge in [-0.15, -0.1) is 11.3 Å². The molecule has 0 radical (unpaired) electrons. The van der Waals surface area contributed by atoms with Crippen molar-refractivity contribution in [3.8, 4) is 10.4 Å². The maximum atomic E-state index is 13.7. The number of aromatic nitrogens is 1. The third kappa shape index (κ3) is 5.80. The number of thiophene rings is 1. The summed E-state index contributed by atoms with van der Waals surface area (Å²) >= 11 is 1.71. The molecule has 1 aliphatic heterocycles. The van der Waals surface area contributed by atoms with E-state index in [9.17, 15) is 14.7 Å². The molecule has 3 heterocycles. The lowest BCUT2D eigenvalue weighted by Crippen LogP contribution is -2.48. The standard InChI is InChI=1S/C29H37N3O4S/c1-16(2)23-14-25(36-31-23)26(17(3)4)29(35)32-15-22(33)13-24(32)28(34)30-19(6)20-7-9-21(10-8-20)27-18(5)11-12-37-27/h7-12,14,16-17,19,22,24,26,33H,13,15H2,1-6H3,(H,30,34)/t19-,22+,24-,26+/m0/s1. The first-order valence-corrected chi connectivity index (χ1v) is 13.8. The van der Waals surface area contributed by atoms with Crippen LogP contribution >= 0.6 is 11.3 Å². The Kier molecular flexibility index (Phi) is 8.19. The van der Waals surface area contributed by atoms with Crippen molar-refractivity contribution in [2.45, 2.75) is 78.0 Å². The lowest BCUT2D eigenvalue weighted by molar-refractivity contribution is -0.141. The third-order valence-corrected chi connectivity index (χ3v) is 8.20. The molecule has 37 heavy (non-hydrogen) atoms. The fourth-order valence-electron chi connectivity index (χ4n) is 4.93. The van der Waals surface area contributed by atoms with E-state index in [-0.39, 0.29) is 42.7 Å². The number of amides is 2. The number of nitrogens with zero attached hydrogens (tertiary/aromatic N) is 2. The second kappa shape index (κ2) is 11.2. The molecule has 7 nitrogen and oxygen atoms in total. The van der Waals surface area contributed by atoms with Crippen LogP contribution in [0.2, 0.25) is 0 Å². The lowest BCUT2D eigenvalue weighted by atomic mass is 9.90. The van der Waals surface area contributed by atoms with Crippen molar-refractivity contribution in [2.75, 3.05) is 6.54 Å². The summed E-state index contributed by atoms with van der Waals surface area (Å²) in [6.07, 6.45) is -0.545. The third-order valence-electron chi connectivity index (χ3n) is 7.14. The van der Waals surface area contributed by atoms with Gasteiger partial charge in [-0.1, -0.05) is 57.1 Å². The number of nitrogens with one attached hydrogen (secondary N) is 1. The number of likely N-dealkylation sites (tertiary alicyclic amines) is 1. The van der Waals surface area contributed by atoms with Gasteiger partial charge in [0.05, 0.1) is 17.8 Å². The Morgan fingerprint density at radius 3 is 2.41 bits per heavy atom. The van der Waals surface area contributed by atoms with Gasteiger partial charge < -0.3 is 19.8 Å². The largest absolute Gasteiger partial charge is 0.391 e. The van der Waals surface area contributed by atoms with E-state index in [1.165, 1.54) is 15.3 Å². The highest BCUT2D eigenvalue weighted by molar-refractivity contribution is 7.13. The van der Waals surface area contributed by atoms with Crippen LogP contribution in [0, 0.1) is 12.8 Å². The monoisotopic (exact) mass is 523 g/mol. The molecule has 2 N–H and O–H groups in total. The van der Waals surface area contributed by atoms with E-state index >= 15 is 0 Å². The minimum Gasteiger partial charge on any atom is -0.391 e. The van der Waals surface area contributed by atoms with Gasteiger partial charge in [-0.25, -0.2) is 0 Å². The summed E-state index contributed by atoms with van der Waals surface area (Å²) in [4.78, 5) is 29.8. The topological polar surface area (TPSA) is 95.7 Å². The quantitative estimate of drug-likeness (QED) is 0.411. The van der Waals surface area contributed by atoms with Crippen molar-refractivity contribution < 1.29 is 19.2 Å². The van der Waals surface area contributed by atoms with Crippen molar-refractivity contribution in [3.63, 3.8) is 0 Å². The minimum atomic E-state index is -0.753. The molecule has 0 aliphatic carbocycles. The van der Waals surface area contributed by atoms with Gasteiger partial charge in [-0.2, -0.15) is 0 Å². The number of aryl methyl sites for hydroxylation is 1. The summed E-state index contributed by atoms with van der Waals surface area (Å²) < 4.78 is 5.56. The first-order valence-electron chi connectivity index (χ1n) is 13.0. The molecular formula is C29H37N3O4S. The molecular weight excluding hydrogens is 486 g/mol. The van der Waals surface area contributed by atoms with Crippen LogP contribution in [0.25, 0.3) is 10.4 Å². The molecule has 2 aromatic heterocycles. The molecule has 1 saturated heterocycles. The SMILES string of the molecule is Cc1ccsc1-c1ccc([C@H](C)NC(=O)[C@@H]2C[C@@H](O)CN2C(=O)[C@@H](c2cc(C(C)C)no2)C(C)C)cc1. The van der Waals surface area contributed by atoms with Crippen LogP contribution in [0.1, 0.15) is 81.5 Å². The summed E-state index contributed by atoms with van der Waals surface area (Å²) in [5.74, 6) is -0.450. The van der Waals surface area contributed by atoms with Crippen LogP contribution in [0.15, 0.2) is 46.3 Å². The summed E-state index contributed by atoms with van der Waals surface area (Å²) in [5.41, 5.74) is 4.16. The van der Waals surface area contributed by atoms with E-state index in [0.717, 1.165) is 16.8 Å². The zero-order valence-corrected chi connectivity index (χ0v) is 23.2. The van der Waals surface area contributed by atoms with E-state index in [1.54, 1.807) is 11.3 Å². The van der Waals surface area contributed by atoms with Crippen molar-refractivity contribution in [1.82, 2.24) is 15.4 Å². The first kappa shape index (κ1) is 27.1. The zero-order chi connectivity index (χ0) is 26.9. The summed E-state index contributed by atoms with van der Waals surface area (Å²) in [7, 11) is 0. The highest BCUT2D eigenvalue weighted by atomic mass is 32.1. The van der Waals surface area contributed by atoms with E-state index in [4.69, 9.17) is 4.52 Å². The van der Waals surface area contributed by atoms with Crippen LogP contribution in [-0.2, 0) is 9.59 Å². The Morgan fingerprint density at radius 1 is 1.14 bits per heavy atom. The zero-order valence-electron chi connectivity index (χ0n) is 22.4. The minimum absolute atomic E-state index is 0.0636. The van der Waals surface area contributed by atoms with E-state index in [2.05, 4.69) is 41.0 Å². The fraction of sp³-hybridized carbons (Fsp3) is 0.483. The number of hydrogen-bond acceptors (Lipinski definition) is 6. The molecule has 1 fully saturated rings. The molecule has 0 spiro atoms. The Labute approximate surface area is 222 Å². The molecule has 0 unspecified atom stereocenters. The van der Waals surface area contributed by atoms with Crippen LogP contribution < -0.4 is 5.32 Å². The normalized spacial score (nSPS) is 19.4. The predicted octanol–water partition coefficient (Wildman–Crippen LogP) is 5.41. The van der Waals surface area contributed by atoms with Gasteiger partial charge >= 0.3 is 0 Å². The van der Waals surface area contributed by atoms with Crippen LogP contribution in [0.4, 0.5) is 0 Å². The number of aliphatic hydroxyl groups is 1. The highest BCUT2D eigenvalue weighted by Gasteiger charge is 2.43. The highest BCUT2D eigenvalue weighted by Crippen LogP contribution is 2.33. The van der Waals surface area contributed by atoms with Crippen LogP contribution in [0.3, 0.4) is 0 Å². The molecule has 198 valence electrons. The van der Waals surface area contributed by atoms with Gasteiger partial charge in [0.25, 0.3) is 0 Å². The Morgan fingerprint density at radius 2 is 1.84 bits per heavy atom. The van der Waals surface area contributed by atoms with Gasteiger partial charge in [0.15, 0.2) is 0 Å². The molecule has 2 amide bonds. The molecule has 0 bridgehead atoms. The predicted molar refractivity (Wildman–Crippen MR) is 145 cm³/mol. The number of aliphatic hydroxyl groups excluding tert-OH is 1. The Hall–Kier alpha value is -2.97. The number of rotatable bonds is 8. The average molecular weight is 524 g/mol. The average Bonchev–Trinajstić information content (AvgIpc) is 3.59. The van der Waals surface area contributed by atoms with Gasteiger partial charge in [0, 0.05) is 23.9 Å². The molecule has 1 aliphatic rings. The lowest BCUT2D eigenvalue weighted by Gasteiger charge is -2.29. The summed E-state index contributed by atoms with van der Waals surface area (Å²) in [5, 5.41) is 19.7. The Balaban J connectivity index is 1.48. The molecule has 4 atom stereocenters. The molecule has 4 rings (SSSR count). The molecule has 8 heteroatoms.